The van der Waals surface area contributed by atoms with Crippen LogP contribution in [0.1, 0.15) is 32.3 Å². The number of benzene rings is 1. The van der Waals surface area contributed by atoms with E-state index in [0.29, 0.717) is 28.6 Å². The Balaban J connectivity index is 1.64. The molecule has 0 spiro atoms. The molecule has 0 saturated heterocycles. The van der Waals surface area contributed by atoms with Gasteiger partial charge in [0.15, 0.2) is 16.6 Å². The van der Waals surface area contributed by atoms with Gasteiger partial charge >= 0.3 is 0 Å². The van der Waals surface area contributed by atoms with Gasteiger partial charge in [0.1, 0.15) is 0 Å². The summed E-state index contributed by atoms with van der Waals surface area (Å²) in [5.74, 6) is 0.425. The molecular formula is C22H21ClN6O3S. The number of nitrogens with zero attached hydrogens (tertiary/aromatic N) is 4. The van der Waals surface area contributed by atoms with Crippen molar-refractivity contribution < 1.29 is 13.2 Å². The summed E-state index contributed by atoms with van der Waals surface area (Å²) in [5.41, 5.74) is 2.77. The maximum atomic E-state index is 12.9. The van der Waals surface area contributed by atoms with Gasteiger partial charge in [-0.25, -0.2) is 22.9 Å². The first-order valence-corrected chi connectivity index (χ1v) is 11.9. The standard InChI is InChI=1S/C22H21ClN6O3S/c1-13(2)15-4-6-17(7-5-15)33(31,32)28-19-10-16(11-24-22(19)23)18-8-9-21-26-20(25-14(3)30)12-29(21)27-18/h4-13,28H,1-3H3,(H,25,30). The van der Waals surface area contributed by atoms with E-state index in [2.05, 4.69) is 25.1 Å². The van der Waals surface area contributed by atoms with Gasteiger partial charge in [-0.2, -0.15) is 5.10 Å². The summed E-state index contributed by atoms with van der Waals surface area (Å²) in [7, 11) is -3.87. The van der Waals surface area contributed by atoms with Crippen LogP contribution in [0.3, 0.4) is 0 Å². The van der Waals surface area contributed by atoms with Crippen LogP contribution in [0.25, 0.3) is 16.9 Å². The number of rotatable bonds is 6. The molecule has 0 saturated carbocycles. The fourth-order valence-electron chi connectivity index (χ4n) is 3.17. The van der Waals surface area contributed by atoms with Gasteiger partial charge in [0, 0.05) is 18.7 Å². The number of imidazole rings is 1. The summed E-state index contributed by atoms with van der Waals surface area (Å²) in [6.07, 6.45) is 3.07. The van der Waals surface area contributed by atoms with Crippen molar-refractivity contribution in [3.8, 4) is 11.3 Å². The van der Waals surface area contributed by atoms with E-state index >= 15 is 0 Å². The minimum absolute atomic E-state index is 0.0118. The number of pyridine rings is 1. The van der Waals surface area contributed by atoms with E-state index in [4.69, 9.17) is 11.6 Å². The normalized spacial score (nSPS) is 11.7. The van der Waals surface area contributed by atoms with E-state index in [1.807, 2.05) is 13.8 Å². The highest BCUT2D eigenvalue weighted by Gasteiger charge is 2.18. The van der Waals surface area contributed by atoms with E-state index in [9.17, 15) is 13.2 Å². The molecule has 2 N–H and O–H groups in total. The molecule has 0 unspecified atom stereocenters. The van der Waals surface area contributed by atoms with Gasteiger partial charge in [-0.1, -0.05) is 37.6 Å². The third-order valence-electron chi connectivity index (χ3n) is 4.86. The molecule has 0 aliphatic carbocycles. The number of amides is 1. The summed E-state index contributed by atoms with van der Waals surface area (Å²) in [4.78, 5) is 19.7. The maximum absolute atomic E-state index is 12.9. The molecule has 0 bridgehead atoms. The molecular weight excluding hydrogens is 464 g/mol. The predicted molar refractivity (Wildman–Crippen MR) is 127 cm³/mol. The number of hydrogen-bond acceptors (Lipinski definition) is 6. The molecule has 0 fully saturated rings. The molecule has 0 aliphatic rings. The number of hydrogen-bond donors (Lipinski definition) is 2. The second kappa shape index (κ2) is 8.80. The van der Waals surface area contributed by atoms with Gasteiger partial charge in [0.05, 0.1) is 22.5 Å². The molecule has 0 radical (unpaired) electrons. The third kappa shape index (κ3) is 4.96. The van der Waals surface area contributed by atoms with Crippen molar-refractivity contribution in [1.29, 1.82) is 0 Å². The SMILES string of the molecule is CC(=O)Nc1cn2nc(-c3cnc(Cl)c(NS(=O)(=O)c4ccc(C(C)C)cc4)c3)ccc2n1. The number of carbonyl (C=O) groups excluding carboxylic acids is 1. The third-order valence-corrected chi connectivity index (χ3v) is 6.54. The Morgan fingerprint density at radius 2 is 1.85 bits per heavy atom. The summed E-state index contributed by atoms with van der Waals surface area (Å²) in [6.45, 7) is 5.46. The Bertz CT molecular complexity index is 1450. The van der Waals surface area contributed by atoms with Gasteiger partial charge < -0.3 is 5.32 Å². The van der Waals surface area contributed by atoms with E-state index in [1.54, 1.807) is 48.7 Å². The van der Waals surface area contributed by atoms with Crippen molar-refractivity contribution in [2.75, 3.05) is 10.0 Å². The second-order valence-corrected chi connectivity index (χ2v) is 9.76. The zero-order chi connectivity index (χ0) is 23.8. The molecule has 1 amide bonds. The van der Waals surface area contributed by atoms with Crippen molar-refractivity contribution >= 4 is 44.7 Å². The Kier molecular flexibility index (Phi) is 6.05. The fraction of sp³-hybridized carbons (Fsp3) is 0.182. The van der Waals surface area contributed by atoms with Gasteiger partial charge in [0.25, 0.3) is 10.0 Å². The lowest BCUT2D eigenvalue weighted by atomic mass is 10.0. The summed E-state index contributed by atoms with van der Waals surface area (Å²) in [5, 5.41) is 7.08. The smallest absolute Gasteiger partial charge is 0.261 e. The lowest BCUT2D eigenvalue weighted by Gasteiger charge is -2.12. The van der Waals surface area contributed by atoms with Crippen LogP contribution in [0, 0.1) is 0 Å². The molecule has 3 aromatic heterocycles. The second-order valence-electron chi connectivity index (χ2n) is 7.72. The minimum Gasteiger partial charge on any atom is -0.310 e. The number of fused-ring (bicyclic) bond motifs is 1. The average Bonchev–Trinajstić information content (AvgIpc) is 3.16. The van der Waals surface area contributed by atoms with Crippen LogP contribution in [0.15, 0.2) is 59.8 Å². The Labute approximate surface area is 195 Å². The van der Waals surface area contributed by atoms with Crippen molar-refractivity contribution in [3.63, 3.8) is 0 Å². The molecule has 170 valence electrons. The molecule has 4 rings (SSSR count). The molecule has 0 aliphatic heterocycles. The van der Waals surface area contributed by atoms with Crippen LogP contribution in [0.2, 0.25) is 5.15 Å². The van der Waals surface area contributed by atoms with Crippen LogP contribution in [-0.4, -0.2) is 33.9 Å². The highest BCUT2D eigenvalue weighted by molar-refractivity contribution is 7.92. The zero-order valence-electron chi connectivity index (χ0n) is 18.1. The number of nitrogens with one attached hydrogen (secondary N) is 2. The first-order valence-electron chi connectivity index (χ1n) is 10.0. The average molecular weight is 485 g/mol. The molecule has 33 heavy (non-hydrogen) atoms. The van der Waals surface area contributed by atoms with E-state index < -0.39 is 10.0 Å². The monoisotopic (exact) mass is 484 g/mol. The number of sulfonamides is 1. The summed E-state index contributed by atoms with van der Waals surface area (Å²) in [6, 6.07) is 11.7. The van der Waals surface area contributed by atoms with Crippen LogP contribution in [0.5, 0.6) is 0 Å². The largest absolute Gasteiger partial charge is 0.310 e. The topological polar surface area (TPSA) is 118 Å². The van der Waals surface area contributed by atoms with E-state index in [1.165, 1.54) is 17.6 Å². The number of halogens is 1. The first-order chi connectivity index (χ1) is 15.6. The predicted octanol–water partition coefficient (Wildman–Crippen LogP) is 4.33. The van der Waals surface area contributed by atoms with Gasteiger partial charge in [-0.3, -0.25) is 9.52 Å². The van der Waals surface area contributed by atoms with Crippen molar-refractivity contribution in [2.45, 2.75) is 31.6 Å². The molecule has 1 aromatic carbocycles. The van der Waals surface area contributed by atoms with Crippen molar-refractivity contribution in [2.24, 2.45) is 0 Å². The zero-order valence-corrected chi connectivity index (χ0v) is 19.6. The highest BCUT2D eigenvalue weighted by Crippen LogP contribution is 2.28. The maximum Gasteiger partial charge on any atom is 0.261 e. The summed E-state index contributed by atoms with van der Waals surface area (Å²) >= 11 is 6.18. The first kappa shape index (κ1) is 22.7. The Morgan fingerprint density at radius 3 is 2.52 bits per heavy atom. The molecule has 4 aromatic rings. The number of carbonyl (C=O) groups is 1. The van der Waals surface area contributed by atoms with Crippen molar-refractivity contribution in [1.82, 2.24) is 19.6 Å². The van der Waals surface area contributed by atoms with E-state index in [0.717, 1.165) is 5.56 Å². The highest BCUT2D eigenvalue weighted by atomic mass is 35.5. The van der Waals surface area contributed by atoms with Gasteiger partial charge in [-0.15, -0.1) is 0 Å². The molecule has 9 nitrogen and oxygen atoms in total. The quantitative estimate of drug-likeness (QED) is 0.393. The van der Waals surface area contributed by atoms with Crippen LogP contribution < -0.4 is 10.0 Å². The van der Waals surface area contributed by atoms with Crippen LogP contribution in [-0.2, 0) is 14.8 Å². The Morgan fingerprint density at radius 1 is 1.12 bits per heavy atom. The summed E-state index contributed by atoms with van der Waals surface area (Å²) < 4.78 is 29.8. The number of aromatic nitrogens is 4. The minimum atomic E-state index is -3.87. The number of anilines is 2. The molecule has 0 atom stereocenters. The van der Waals surface area contributed by atoms with Gasteiger partial charge in [0.2, 0.25) is 5.91 Å². The van der Waals surface area contributed by atoms with E-state index in [-0.39, 0.29) is 21.6 Å². The molecule has 11 heteroatoms. The van der Waals surface area contributed by atoms with Gasteiger partial charge in [-0.05, 0) is 41.8 Å². The Hall–Kier alpha value is -3.50. The van der Waals surface area contributed by atoms with Crippen LogP contribution in [0.4, 0.5) is 11.5 Å². The lowest BCUT2D eigenvalue weighted by molar-refractivity contribution is -0.114. The molecule has 3 heterocycles. The van der Waals surface area contributed by atoms with Crippen LogP contribution >= 0.6 is 11.6 Å². The fourth-order valence-corrected chi connectivity index (χ4v) is 4.44. The van der Waals surface area contributed by atoms with Crippen molar-refractivity contribution in [3.05, 3.63) is 65.6 Å². The lowest BCUT2D eigenvalue weighted by Crippen LogP contribution is -2.13.